The summed E-state index contributed by atoms with van der Waals surface area (Å²) in [5.41, 5.74) is 0.680. The van der Waals surface area contributed by atoms with Crippen LogP contribution < -0.4 is 5.32 Å². The summed E-state index contributed by atoms with van der Waals surface area (Å²) in [5.74, 6) is -0.0132. The molecular formula is C12H12Br3NO. The number of alkyl halides is 1. The summed E-state index contributed by atoms with van der Waals surface area (Å²) in [6.45, 7) is 0. The number of benzene rings is 1. The van der Waals surface area contributed by atoms with Crippen LogP contribution in [-0.4, -0.2) is 16.8 Å². The van der Waals surface area contributed by atoms with Crippen LogP contribution >= 0.6 is 47.8 Å². The van der Waals surface area contributed by atoms with Gasteiger partial charge in [-0.1, -0.05) is 38.3 Å². The summed E-state index contributed by atoms with van der Waals surface area (Å²) < 4.78 is 1.77. The maximum Gasteiger partial charge on any atom is 0.252 e. The van der Waals surface area contributed by atoms with Crippen LogP contribution in [0.1, 0.15) is 29.6 Å². The van der Waals surface area contributed by atoms with E-state index in [4.69, 9.17) is 0 Å². The van der Waals surface area contributed by atoms with Crippen LogP contribution in [0.4, 0.5) is 0 Å². The lowest BCUT2D eigenvalue weighted by Gasteiger charge is -2.16. The minimum Gasteiger partial charge on any atom is -0.348 e. The number of carbonyl (C=O) groups excluding carboxylic acids is 1. The molecule has 1 saturated carbocycles. The molecule has 1 fully saturated rings. The van der Waals surface area contributed by atoms with E-state index in [2.05, 4.69) is 53.1 Å². The van der Waals surface area contributed by atoms with Gasteiger partial charge in [0.15, 0.2) is 0 Å². The van der Waals surface area contributed by atoms with Gasteiger partial charge in [-0.15, -0.1) is 0 Å². The second-order valence-corrected chi connectivity index (χ2v) is 7.10. The van der Waals surface area contributed by atoms with E-state index in [1.165, 1.54) is 6.42 Å². The van der Waals surface area contributed by atoms with E-state index in [-0.39, 0.29) is 11.9 Å². The highest BCUT2D eigenvalue weighted by molar-refractivity contribution is 9.11. The Morgan fingerprint density at radius 3 is 2.65 bits per heavy atom. The molecule has 0 aromatic heterocycles. The van der Waals surface area contributed by atoms with Gasteiger partial charge in [0, 0.05) is 19.8 Å². The number of hydrogen-bond donors (Lipinski definition) is 1. The Kier molecular flexibility index (Phi) is 4.66. The molecule has 1 aliphatic carbocycles. The van der Waals surface area contributed by atoms with Crippen LogP contribution in [0.2, 0.25) is 0 Å². The molecule has 0 saturated heterocycles. The zero-order chi connectivity index (χ0) is 12.4. The van der Waals surface area contributed by atoms with Crippen LogP contribution in [0.5, 0.6) is 0 Å². The largest absolute Gasteiger partial charge is 0.348 e. The molecule has 1 aliphatic rings. The number of carbonyl (C=O) groups is 1. The molecule has 1 amide bonds. The van der Waals surface area contributed by atoms with Crippen LogP contribution in [-0.2, 0) is 0 Å². The maximum atomic E-state index is 12.1. The third-order valence-electron chi connectivity index (χ3n) is 2.92. The maximum absolute atomic E-state index is 12.1. The molecule has 2 unspecified atom stereocenters. The van der Waals surface area contributed by atoms with Crippen LogP contribution in [0.3, 0.4) is 0 Å². The predicted octanol–water partition coefficient (Wildman–Crippen LogP) is 4.26. The fraction of sp³-hybridized carbons (Fsp3) is 0.417. The van der Waals surface area contributed by atoms with Gasteiger partial charge in [0.2, 0.25) is 0 Å². The lowest BCUT2D eigenvalue weighted by Crippen LogP contribution is -2.37. The third kappa shape index (κ3) is 3.32. The van der Waals surface area contributed by atoms with Crippen molar-refractivity contribution in [2.45, 2.75) is 30.1 Å². The zero-order valence-electron chi connectivity index (χ0n) is 9.05. The number of nitrogens with one attached hydrogen (secondary N) is 1. The first-order valence-electron chi connectivity index (χ1n) is 5.48. The van der Waals surface area contributed by atoms with Gasteiger partial charge in [-0.2, -0.15) is 0 Å². The molecular weight excluding hydrogens is 414 g/mol. The molecule has 0 heterocycles. The Morgan fingerprint density at radius 1 is 1.29 bits per heavy atom. The number of halogens is 3. The van der Waals surface area contributed by atoms with E-state index in [1.54, 1.807) is 0 Å². The summed E-state index contributed by atoms with van der Waals surface area (Å²) in [7, 11) is 0. The molecule has 0 spiro atoms. The summed E-state index contributed by atoms with van der Waals surface area (Å²) in [6.07, 6.45) is 3.35. The first-order valence-corrected chi connectivity index (χ1v) is 7.98. The molecule has 0 aliphatic heterocycles. The first-order chi connectivity index (χ1) is 8.08. The van der Waals surface area contributed by atoms with Gasteiger partial charge >= 0.3 is 0 Å². The number of rotatable bonds is 2. The number of hydrogen-bond acceptors (Lipinski definition) is 1. The molecule has 92 valence electrons. The second-order valence-electron chi connectivity index (χ2n) is 4.15. The summed E-state index contributed by atoms with van der Waals surface area (Å²) in [4.78, 5) is 12.5. The minimum absolute atomic E-state index is 0.0132. The van der Waals surface area contributed by atoms with Gasteiger partial charge in [0.05, 0.1) is 5.56 Å². The van der Waals surface area contributed by atoms with E-state index < -0.39 is 0 Å². The second kappa shape index (κ2) is 5.85. The Labute approximate surface area is 126 Å². The summed E-state index contributed by atoms with van der Waals surface area (Å²) in [5, 5.41) is 3.07. The van der Waals surface area contributed by atoms with Crippen molar-refractivity contribution >= 4 is 53.7 Å². The smallest absolute Gasteiger partial charge is 0.252 e. The van der Waals surface area contributed by atoms with Gasteiger partial charge in [-0.05, 0) is 47.0 Å². The molecule has 1 N–H and O–H groups in total. The topological polar surface area (TPSA) is 29.1 Å². The van der Waals surface area contributed by atoms with Crippen molar-refractivity contribution in [3.63, 3.8) is 0 Å². The van der Waals surface area contributed by atoms with E-state index >= 15 is 0 Å². The molecule has 1 aromatic carbocycles. The quantitative estimate of drug-likeness (QED) is 0.705. The van der Waals surface area contributed by atoms with Gasteiger partial charge in [-0.3, -0.25) is 4.79 Å². The van der Waals surface area contributed by atoms with Crippen molar-refractivity contribution < 1.29 is 4.79 Å². The highest BCUT2D eigenvalue weighted by Crippen LogP contribution is 2.27. The Bertz CT molecular complexity index is 436. The van der Waals surface area contributed by atoms with Gasteiger partial charge < -0.3 is 5.32 Å². The Hall–Kier alpha value is 0.130. The molecule has 0 radical (unpaired) electrons. The molecule has 0 bridgehead atoms. The average Bonchev–Trinajstić information content (AvgIpc) is 2.64. The lowest BCUT2D eigenvalue weighted by molar-refractivity contribution is 0.0938. The van der Waals surface area contributed by atoms with Crippen molar-refractivity contribution in [1.82, 2.24) is 5.32 Å². The molecule has 5 heteroatoms. The summed E-state index contributed by atoms with van der Waals surface area (Å²) in [6, 6.07) is 5.83. The van der Waals surface area contributed by atoms with E-state index in [0.29, 0.717) is 10.4 Å². The third-order valence-corrected chi connectivity index (χ3v) is 5.17. The van der Waals surface area contributed by atoms with Gasteiger partial charge in [0.25, 0.3) is 5.91 Å². The highest BCUT2D eigenvalue weighted by atomic mass is 79.9. The minimum atomic E-state index is -0.0132. The molecule has 1 aromatic rings. The SMILES string of the molecule is O=C(NC1CCCC1Br)c1ccc(Br)cc1Br. The Morgan fingerprint density at radius 2 is 2.06 bits per heavy atom. The molecule has 2 atom stereocenters. The van der Waals surface area contributed by atoms with Gasteiger partial charge in [-0.25, -0.2) is 0 Å². The number of amides is 1. The van der Waals surface area contributed by atoms with Gasteiger partial charge in [0.1, 0.15) is 0 Å². The van der Waals surface area contributed by atoms with Crippen molar-refractivity contribution in [3.05, 3.63) is 32.7 Å². The lowest BCUT2D eigenvalue weighted by atomic mass is 10.2. The predicted molar refractivity (Wildman–Crippen MR) is 79.7 cm³/mol. The highest BCUT2D eigenvalue weighted by Gasteiger charge is 2.26. The van der Waals surface area contributed by atoms with E-state index in [9.17, 15) is 4.79 Å². The molecule has 17 heavy (non-hydrogen) atoms. The molecule has 2 rings (SSSR count). The standard InChI is InChI=1S/C12H12Br3NO/c13-7-4-5-8(10(15)6-7)12(17)16-11-3-1-2-9(11)14/h4-6,9,11H,1-3H2,(H,16,17). The van der Waals surface area contributed by atoms with Crippen molar-refractivity contribution in [2.75, 3.05) is 0 Å². The normalized spacial score (nSPS) is 23.7. The van der Waals surface area contributed by atoms with Crippen LogP contribution in [0, 0.1) is 0 Å². The van der Waals surface area contributed by atoms with Crippen molar-refractivity contribution in [2.24, 2.45) is 0 Å². The zero-order valence-corrected chi connectivity index (χ0v) is 13.8. The van der Waals surface area contributed by atoms with Crippen molar-refractivity contribution in [1.29, 1.82) is 0 Å². The van der Waals surface area contributed by atoms with Crippen molar-refractivity contribution in [3.8, 4) is 0 Å². The van der Waals surface area contributed by atoms with Crippen LogP contribution in [0.15, 0.2) is 27.1 Å². The fourth-order valence-electron chi connectivity index (χ4n) is 2.00. The van der Waals surface area contributed by atoms with Crippen LogP contribution in [0.25, 0.3) is 0 Å². The van der Waals surface area contributed by atoms with E-state index in [1.807, 2.05) is 18.2 Å². The molecule has 2 nitrogen and oxygen atoms in total. The average molecular weight is 426 g/mol. The first kappa shape index (κ1) is 13.6. The monoisotopic (exact) mass is 423 g/mol. The Balaban J connectivity index is 2.09. The van der Waals surface area contributed by atoms with E-state index in [0.717, 1.165) is 21.8 Å². The summed E-state index contributed by atoms with van der Waals surface area (Å²) >= 11 is 10.4. The fourth-order valence-corrected chi connectivity index (χ4v) is 3.94.